The third-order valence-corrected chi connectivity index (χ3v) is 3.51. The lowest BCUT2D eigenvalue weighted by Crippen LogP contribution is -2.02. The molecule has 0 bridgehead atoms. The van der Waals surface area contributed by atoms with Gasteiger partial charge in [0.1, 0.15) is 5.82 Å². The smallest absolute Gasteiger partial charge is 0.161 e. The maximum Gasteiger partial charge on any atom is 0.161 e. The summed E-state index contributed by atoms with van der Waals surface area (Å²) in [4.78, 5) is 13.4. The number of hydrogen-bond donors (Lipinski definition) is 1. The number of rotatable bonds is 1. The summed E-state index contributed by atoms with van der Waals surface area (Å²) in [6.45, 7) is 5.87. The molecule has 0 aliphatic heterocycles. The number of aromatic nitrogens is 3. The SMILES string of the molecule is Cc1ccc2cc(-c3nc(C)c(C)c(N)n3)ccc2n1. The van der Waals surface area contributed by atoms with Gasteiger partial charge in [0, 0.05) is 27.9 Å². The lowest BCUT2D eigenvalue weighted by Gasteiger charge is -2.08. The van der Waals surface area contributed by atoms with Crippen LogP contribution in [0.15, 0.2) is 30.3 Å². The maximum atomic E-state index is 5.93. The van der Waals surface area contributed by atoms with Crippen LogP contribution in [-0.2, 0) is 0 Å². The maximum absolute atomic E-state index is 5.93. The van der Waals surface area contributed by atoms with E-state index in [4.69, 9.17) is 5.73 Å². The van der Waals surface area contributed by atoms with Crippen molar-refractivity contribution in [2.45, 2.75) is 20.8 Å². The molecule has 2 heterocycles. The average Bonchev–Trinajstić information content (AvgIpc) is 2.43. The Morgan fingerprint density at radius 3 is 2.45 bits per heavy atom. The summed E-state index contributed by atoms with van der Waals surface area (Å²) >= 11 is 0. The summed E-state index contributed by atoms with van der Waals surface area (Å²) in [5.74, 6) is 1.20. The number of fused-ring (bicyclic) bond motifs is 1. The molecule has 0 aliphatic carbocycles. The predicted octanol–water partition coefficient (Wildman–Crippen LogP) is 3.20. The number of nitrogen functional groups attached to an aromatic ring is 1. The topological polar surface area (TPSA) is 64.7 Å². The highest BCUT2D eigenvalue weighted by molar-refractivity contribution is 5.83. The van der Waals surface area contributed by atoms with Crippen molar-refractivity contribution in [1.29, 1.82) is 0 Å². The Hall–Kier alpha value is -2.49. The first-order chi connectivity index (χ1) is 9.54. The minimum atomic E-state index is 0.537. The van der Waals surface area contributed by atoms with E-state index in [0.717, 1.165) is 33.4 Å². The van der Waals surface area contributed by atoms with Crippen molar-refractivity contribution in [2.75, 3.05) is 5.73 Å². The molecule has 0 saturated heterocycles. The summed E-state index contributed by atoms with van der Waals surface area (Å²) in [7, 11) is 0. The summed E-state index contributed by atoms with van der Waals surface area (Å²) in [5, 5.41) is 1.08. The number of benzene rings is 1. The largest absolute Gasteiger partial charge is 0.383 e. The molecule has 1 aromatic carbocycles. The molecule has 0 spiro atoms. The molecule has 0 radical (unpaired) electrons. The second-order valence-electron chi connectivity index (χ2n) is 5.00. The zero-order valence-corrected chi connectivity index (χ0v) is 11.8. The van der Waals surface area contributed by atoms with Gasteiger partial charge in [0.25, 0.3) is 0 Å². The van der Waals surface area contributed by atoms with Crippen LogP contribution >= 0.6 is 0 Å². The van der Waals surface area contributed by atoms with Crippen molar-refractivity contribution in [2.24, 2.45) is 0 Å². The lowest BCUT2D eigenvalue weighted by atomic mass is 10.1. The highest BCUT2D eigenvalue weighted by atomic mass is 15.0. The Morgan fingerprint density at radius 1 is 0.900 bits per heavy atom. The molecule has 100 valence electrons. The first-order valence-corrected chi connectivity index (χ1v) is 6.53. The van der Waals surface area contributed by atoms with Gasteiger partial charge in [-0.1, -0.05) is 6.07 Å². The molecule has 2 N–H and O–H groups in total. The van der Waals surface area contributed by atoms with Crippen LogP contribution < -0.4 is 5.73 Å². The van der Waals surface area contributed by atoms with Gasteiger partial charge in [0.05, 0.1) is 5.52 Å². The molecule has 0 unspecified atom stereocenters. The van der Waals surface area contributed by atoms with Crippen molar-refractivity contribution >= 4 is 16.7 Å². The Labute approximate surface area is 117 Å². The van der Waals surface area contributed by atoms with E-state index < -0.39 is 0 Å². The highest BCUT2D eigenvalue weighted by Crippen LogP contribution is 2.23. The Kier molecular flexibility index (Phi) is 2.86. The van der Waals surface area contributed by atoms with Gasteiger partial charge in [0.2, 0.25) is 0 Å². The molecular formula is C16H16N4. The molecule has 2 aromatic heterocycles. The third kappa shape index (κ3) is 2.09. The van der Waals surface area contributed by atoms with Crippen molar-refractivity contribution in [1.82, 2.24) is 15.0 Å². The van der Waals surface area contributed by atoms with E-state index in [1.165, 1.54) is 0 Å². The van der Waals surface area contributed by atoms with Crippen LogP contribution in [0, 0.1) is 20.8 Å². The van der Waals surface area contributed by atoms with Crippen LogP contribution in [0.3, 0.4) is 0 Å². The average molecular weight is 264 g/mol. The third-order valence-electron chi connectivity index (χ3n) is 3.51. The van der Waals surface area contributed by atoms with Gasteiger partial charge in [-0.3, -0.25) is 4.98 Å². The van der Waals surface area contributed by atoms with Crippen LogP contribution in [0.4, 0.5) is 5.82 Å². The molecule has 0 aliphatic rings. The van der Waals surface area contributed by atoms with Crippen molar-refractivity contribution < 1.29 is 0 Å². The van der Waals surface area contributed by atoms with Gasteiger partial charge in [-0.15, -0.1) is 0 Å². The minimum Gasteiger partial charge on any atom is -0.383 e. The van der Waals surface area contributed by atoms with E-state index in [9.17, 15) is 0 Å². The van der Waals surface area contributed by atoms with E-state index >= 15 is 0 Å². The molecule has 4 heteroatoms. The Bertz CT molecular complexity index is 786. The molecule has 0 atom stereocenters. The Morgan fingerprint density at radius 2 is 1.70 bits per heavy atom. The Balaban J connectivity index is 2.17. The molecule has 0 fully saturated rings. The van der Waals surface area contributed by atoms with E-state index in [1.54, 1.807) is 0 Å². The molecule has 0 amide bonds. The molecule has 20 heavy (non-hydrogen) atoms. The fraction of sp³-hybridized carbons (Fsp3) is 0.188. The van der Waals surface area contributed by atoms with Gasteiger partial charge in [0.15, 0.2) is 5.82 Å². The zero-order valence-electron chi connectivity index (χ0n) is 11.8. The van der Waals surface area contributed by atoms with E-state index in [1.807, 2.05) is 45.0 Å². The van der Waals surface area contributed by atoms with Gasteiger partial charge in [-0.25, -0.2) is 9.97 Å². The van der Waals surface area contributed by atoms with E-state index in [-0.39, 0.29) is 0 Å². The molecule has 4 nitrogen and oxygen atoms in total. The number of hydrogen-bond acceptors (Lipinski definition) is 4. The highest BCUT2D eigenvalue weighted by Gasteiger charge is 2.08. The van der Waals surface area contributed by atoms with Crippen LogP contribution in [0.25, 0.3) is 22.3 Å². The van der Waals surface area contributed by atoms with E-state index in [2.05, 4.69) is 21.0 Å². The van der Waals surface area contributed by atoms with Gasteiger partial charge >= 0.3 is 0 Å². The fourth-order valence-electron chi connectivity index (χ4n) is 2.15. The first kappa shape index (κ1) is 12.5. The lowest BCUT2D eigenvalue weighted by molar-refractivity contribution is 1.08. The van der Waals surface area contributed by atoms with Crippen molar-refractivity contribution in [3.63, 3.8) is 0 Å². The quantitative estimate of drug-likeness (QED) is 0.733. The predicted molar refractivity (Wildman–Crippen MR) is 81.4 cm³/mol. The molecule has 0 saturated carbocycles. The van der Waals surface area contributed by atoms with Crippen LogP contribution in [0.1, 0.15) is 17.0 Å². The standard InChI is InChI=1S/C16H16N4/c1-9-4-5-12-8-13(6-7-14(12)18-9)16-19-11(3)10(2)15(17)20-16/h4-8H,1-3H3,(H2,17,19,20). The summed E-state index contributed by atoms with van der Waals surface area (Å²) < 4.78 is 0. The van der Waals surface area contributed by atoms with Crippen molar-refractivity contribution in [3.8, 4) is 11.4 Å². The fourth-order valence-corrected chi connectivity index (χ4v) is 2.15. The normalized spacial score (nSPS) is 10.9. The van der Waals surface area contributed by atoms with Crippen LogP contribution in [-0.4, -0.2) is 15.0 Å². The van der Waals surface area contributed by atoms with E-state index in [0.29, 0.717) is 11.6 Å². The molecular weight excluding hydrogens is 248 g/mol. The first-order valence-electron chi connectivity index (χ1n) is 6.53. The molecule has 3 rings (SSSR count). The van der Waals surface area contributed by atoms with Crippen LogP contribution in [0.2, 0.25) is 0 Å². The number of nitrogens with zero attached hydrogens (tertiary/aromatic N) is 3. The van der Waals surface area contributed by atoms with Gasteiger partial charge in [-0.2, -0.15) is 0 Å². The van der Waals surface area contributed by atoms with Gasteiger partial charge in [-0.05, 0) is 45.0 Å². The number of nitrogens with two attached hydrogens (primary N) is 1. The van der Waals surface area contributed by atoms with Crippen molar-refractivity contribution in [3.05, 3.63) is 47.3 Å². The monoisotopic (exact) mass is 264 g/mol. The second-order valence-corrected chi connectivity index (χ2v) is 5.00. The minimum absolute atomic E-state index is 0.537. The summed E-state index contributed by atoms with van der Waals surface area (Å²) in [6.07, 6.45) is 0. The number of aryl methyl sites for hydroxylation is 2. The second kappa shape index (κ2) is 4.56. The summed E-state index contributed by atoms with van der Waals surface area (Å²) in [6, 6.07) is 10.1. The zero-order chi connectivity index (χ0) is 14.3. The van der Waals surface area contributed by atoms with Crippen LogP contribution in [0.5, 0.6) is 0 Å². The molecule has 3 aromatic rings. The summed E-state index contributed by atoms with van der Waals surface area (Å²) in [5.41, 5.74) is 10.7. The number of pyridine rings is 1. The van der Waals surface area contributed by atoms with Gasteiger partial charge < -0.3 is 5.73 Å². The number of anilines is 1.